The molecule has 1 atom stereocenters. The Kier molecular flexibility index (Phi) is 7.80. The van der Waals surface area contributed by atoms with Gasteiger partial charge in [0.2, 0.25) is 0 Å². The number of halogens is 1. The molecule has 7 heteroatoms. The number of rotatable bonds is 7. The molecule has 6 rings (SSSR count). The third kappa shape index (κ3) is 5.52. The number of benzene rings is 2. The fraction of sp³-hybridized carbons (Fsp3) is 0.500. The second-order valence-electron chi connectivity index (χ2n) is 11.4. The molecule has 3 fully saturated rings. The van der Waals surface area contributed by atoms with E-state index in [1.54, 1.807) is 12.1 Å². The third-order valence-electron chi connectivity index (χ3n) is 9.03. The molecule has 0 aliphatic carbocycles. The number of piperidine rings is 1. The predicted octanol–water partition coefficient (Wildman–Crippen LogP) is 5.72. The molecule has 3 aliphatic heterocycles. The molecule has 6 nitrogen and oxygen atoms in total. The number of hydrogen-bond donors (Lipinski definition) is 0. The maximum absolute atomic E-state index is 14.0. The summed E-state index contributed by atoms with van der Waals surface area (Å²) in [5, 5.41) is 1.13. The molecule has 2 aromatic carbocycles. The van der Waals surface area contributed by atoms with Crippen LogP contribution in [0.2, 0.25) is 0 Å². The number of aromatic nitrogens is 1. The summed E-state index contributed by atoms with van der Waals surface area (Å²) in [7, 11) is 0. The molecule has 0 spiro atoms. The molecule has 3 aromatic rings. The minimum absolute atomic E-state index is 0.00312. The fourth-order valence-corrected chi connectivity index (χ4v) is 6.83. The van der Waals surface area contributed by atoms with Crippen LogP contribution in [0.3, 0.4) is 0 Å². The van der Waals surface area contributed by atoms with E-state index in [2.05, 4.69) is 38.6 Å². The SMILES string of the molecule is O=C(c1ccc(F)cc1)C1CCN(CCC2CCCN2C(=O)c2cc3ccccc3n2C2CCOCC2)CC1. The number of nitrogens with zero attached hydrogens (tertiary/aromatic N) is 3. The largest absolute Gasteiger partial charge is 0.381 e. The zero-order chi connectivity index (χ0) is 26.8. The van der Waals surface area contributed by atoms with E-state index >= 15 is 0 Å². The number of amides is 1. The van der Waals surface area contributed by atoms with Crippen molar-refractivity contribution in [3.05, 3.63) is 71.7 Å². The number of ether oxygens (including phenoxy) is 1. The van der Waals surface area contributed by atoms with E-state index in [1.807, 2.05) is 6.07 Å². The summed E-state index contributed by atoms with van der Waals surface area (Å²) in [6.45, 7) is 5.00. The van der Waals surface area contributed by atoms with E-state index in [4.69, 9.17) is 4.74 Å². The Balaban J connectivity index is 1.09. The highest BCUT2D eigenvalue weighted by Gasteiger charge is 2.34. The topological polar surface area (TPSA) is 54.8 Å². The van der Waals surface area contributed by atoms with Gasteiger partial charge in [0.1, 0.15) is 11.5 Å². The zero-order valence-electron chi connectivity index (χ0n) is 22.6. The van der Waals surface area contributed by atoms with Gasteiger partial charge in [0.25, 0.3) is 5.91 Å². The lowest BCUT2D eigenvalue weighted by molar-refractivity contribution is 0.0627. The van der Waals surface area contributed by atoms with Gasteiger partial charge >= 0.3 is 0 Å². The van der Waals surface area contributed by atoms with Crippen LogP contribution in [-0.2, 0) is 4.74 Å². The van der Waals surface area contributed by atoms with Crippen LogP contribution < -0.4 is 0 Å². The van der Waals surface area contributed by atoms with Gasteiger partial charge in [0.05, 0.1) is 0 Å². The lowest BCUT2D eigenvalue weighted by Gasteiger charge is -2.33. The van der Waals surface area contributed by atoms with Crippen LogP contribution in [0.1, 0.15) is 71.8 Å². The lowest BCUT2D eigenvalue weighted by atomic mass is 9.88. The monoisotopic (exact) mass is 531 g/mol. The molecule has 0 N–H and O–H groups in total. The van der Waals surface area contributed by atoms with Crippen LogP contribution in [0, 0.1) is 11.7 Å². The molecule has 1 amide bonds. The van der Waals surface area contributed by atoms with Gasteiger partial charge in [-0.3, -0.25) is 9.59 Å². The van der Waals surface area contributed by atoms with E-state index in [1.165, 1.54) is 12.1 Å². The summed E-state index contributed by atoms with van der Waals surface area (Å²) >= 11 is 0. The van der Waals surface area contributed by atoms with E-state index < -0.39 is 0 Å². The molecular formula is C32H38FN3O3. The van der Waals surface area contributed by atoms with E-state index in [9.17, 15) is 14.0 Å². The van der Waals surface area contributed by atoms with Crippen molar-refractivity contribution in [1.82, 2.24) is 14.4 Å². The van der Waals surface area contributed by atoms with Crippen molar-refractivity contribution in [2.45, 2.75) is 57.0 Å². The number of carbonyl (C=O) groups is 2. The molecule has 39 heavy (non-hydrogen) atoms. The van der Waals surface area contributed by atoms with Crippen LogP contribution in [0.25, 0.3) is 10.9 Å². The molecule has 3 saturated heterocycles. The van der Waals surface area contributed by atoms with Crippen molar-refractivity contribution >= 4 is 22.6 Å². The second kappa shape index (κ2) is 11.6. The maximum atomic E-state index is 14.0. The van der Waals surface area contributed by atoms with Gasteiger partial charge in [-0.1, -0.05) is 18.2 Å². The van der Waals surface area contributed by atoms with Crippen molar-refractivity contribution < 1.29 is 18.7 Å². The van der Waals surface area contributed by atoms with E-state index in [-0.39, 0.29) is 35.5 Å². The van der Waals surface area contributed by atoms with Crippen LogP contribution in [0.5, 0.6) is 0 Å². The lowest BCUT2D eigenvalue weighted by Crippen LogP contribution is -2.41. The van der Waals surface area contributed by atoms with E-state index in [0.29, 0.717) is 5.56 Å². The Labute approximate surface area is 229 Å². The van der Waals surface area contributed by atoms with Crippen molar-refractivity contribution in [3.63, 3.8) is 0 Å². The maximum Gasteiger partial charge on any atom is 0.270 e. The van der Waals surface area contributed by atoms with Crippen LogP contribution in [0.15, 0.2) is 54.6 Å². The van der Waals surface area contributed by atoms with Crippen molar-refractivity contribution in [1.29, 1.82) is 0 Å². The molecule has 4 heterocycles. The standard InChI is InChI=1S/C32H38FN3O3/c33-26-9-7-23(8-10-26)31(37)24-11-17-34(18-12-24)19-13-27-5-3-16-35(27)32(38)30-22-25-4-1-2-6-29(25)36(30)28-14-20-39-21-15-28/h1-2,4,6-10,22,24,27-28H,3,5,11-21H2. The first-order valence-corrected chi connectivity index (χ1v) is 14.6. The average molecular weight is 532 g/mol. The number of likely N-dealkylation sites (tertiary alicyclic amines) is 2. The first-order valence-electron chi connectivity index (χ1n) is 14.6. The second-order valence-corrected chi connectivity index (χ2v) is 11.4. The first-order chi connectivity index (χ1) is 19.1. The molecule has 206 valence electrons. The Bertz CT molecular complexity index is 1310. The summed E-state index contributed by atoms with van der Waals surface area (Å²) in [5.41, 5.74) is 2.56. The normalized spacial score (nSPS) is 21.6. The van der Waals surface area contributed by atoms with E-state index in [0.717, 1.165) is 101 Å². The number of hydrogen-bond acceptors (Lipinski definition) is 4. The summed E-state index contributed by atoms with van der Waals surface area (Å²) in [6.07, 6.45) is 6.57. The van der Waals surface area contributed by atoms with Crippen molar-refractivity contribution in [3.8, 4) is 0 Å². The molecule has 1 aromatic heterocycles. The number of para-hydroxylation sites is 1. The highest BCUT2D eigenvalue weighted by Crippen LogP contribution is 2.32. The summed E-state index contributed by atoms with van der Waals surface area (Å²) in [5.74, 6) is -0.0276. The summed E-state index contributed by atoms with van der Waals surface area (Å²) in [6, 6.07) is 16.9. The van der Waals surface area contributed by atoms with Crippen LogP contribution in [-0.4, -0.2) is 71.5 Å². The van der Waals surface area contributed by atoms with Crippen LogP contribution in [0.4, 0.5) is 4.39 Å². The highest BCUT2D eigenvalue weighted by atomic mass is 19.1. The fourth-order valence-electron chi connectivity index (χ4n) is 6.83. The summed E-state index contributed by atoms with van der Waals surface area (Å²) in [4.78, 5) is 31.4. The van der Waals surface area contributed by atoms with Crippen LogP contribution >= 0.6 is 0 Å². The minimum atomic E-state index is -0.314. The van der Waals surface area contributed by atoms with Crippen molar-refractivity contribution in [2.24, 2.45) is 5.92 Å². The molecule has 0 radical (unpaired) electrons. The van der Waals surface area contributed by atoms with Gasteiger partial charge in [-0.15, -0.1) is 0 Å². The summed E-state index contributed by atoms with van der Waals surface area (Å²) < 4.78 is 21.1. The quantitative estimate of drug-likeness (QED) is 0.366. The number of carbonyl (C=O) groups excluding carboxylic acids is 2. The van der Waals surface area contributed by atoms with Gasteiger partial charge < -0.3 is 19.1 Å². The molecule has 1 unspecified atom stereocenters. The van der Waals surface area contributed by atoms with Gasteiger partial charge in [0, 0.05) is 60.8 Å². The smallest absolute Gasteiger partial charge is 0.270 e. The Hall–Kier alpha value is -3.03. The molecule has 0 saturated carbocycles. The van der Waals surface area contributed by atoms with Gasteiger partial charge in [-0.25, -0.2) is 4.39 Å². The first kappa shape index (κ1) is 26.2. The minimum Gasteiger partial charge on any atom is -0.381 e. The zero-order valence-corrected chi connectivity index (χ0v) is 22.6. The number of ketones is 1. The third-order valence-corrected chi connectivity index (χ3v) is 9.03. The van der Waals surface area contributed by atoms with Gasteiger partial charge in [-0.05, 0) is 94.4 Å². The average Bonchev–Trinajstić information content (AvgIpc) is 3.61. The number of Topliss-reactive ketones (excluding diaryl/α,β-unsaturated/α-hetero) is 1. The van der Waals surface area contributed by atoms with Crippen molar-refractivity contribution in [2.75, 3.05) is 39.4 Å². The predicted molar refractivity (Wildman–Crippen MR) is 150 cm³/mol. The number of fused-ring (bicyclic) bond motifs is 1. The Morgan fingerprint density at radius 3 is 2.41 bits per heavy atom. The molecule has 3 aliphatic rings. The Morgan fingerprint density at radius 2 is 1.64 bits per heavy atom. The van der Waals surface area contributed by atoms with Gasteiger partial charge in [-0.2, -0.15) is 0 Å². The molecule has 0 bridgehead atoms. The molecular weight excluding hydrogens is 493 g/mol. The Morgan fingerprint density at radius 1 is 0.897 bits per heavy atom. The van der Waals surface area contributed by atoms with Gasteiger partial charge in [0.15, 0.2) is 5.78 Å². The highest BCUT2D eigenvalue weighted by molar-refractivity contribution is 5.99.